The van der Waals surface area contributed by atoms with Crippen LogP contribution in [0.1, 0.15) is 90.6 Å². The van der Waals surface area contributed by atoms with Gasteiger partial charge < -0.3 is 29.7 Å². The van der Waals surface area contributed by atoms with Gasteiger partial charge in [-0.1, -0.05) is 17.7 Å². The van der Waals surface area contributed by atoms with E-state index in [9.17, 15) is 28.8 Å². The molecule has 9 rings (SSSR count). The number of pyridine rings is 1. The minimum Gasteiger partial charge on any atom is -0.478 e. The van der Waals surface area contributed by atoms with Gasteiger partial charge in [0, 0.05) is 69.3 Å². The number of carbonyl (C=O) groups is 5. The third kappa shape index (κ3) is 8.55. The second-order valence-electron chi connectivity index (χ2n) is 17.8. The molecule has 1 atom stereocenters. The van der Waals surface area contributed by atoms with E-state index in [2.05, 4.69) is 35.6 Å². The molecule has 0 spiro atoms. The zero-order valence-electron chi connectivity index (χ0n) is 36.3. The topological polar surface area (TPSA) is 191 Å². The van der Waals surface area contributed by atoms with E-state index in [1.54, 1.807) is 22.9 Å². The molecular formula is C46H53ClN10O7. The van der Waals surface area contributed by atoms with E-state index < -0.39 is 23.8 Å². The summed E-state index contributed by atoms with van der Waals surface area (Å²) in [4.78, 5) is 93.5. The maximum Gasteiger partial charge on any atom is 0.293 e. The number of amides is 5. The van der Waals surface area contributed by atoms with Crippen LogP contribution in [0.25, 0.3) is 10.9 Å². The van der Waals surface area contributed by atoms with Crippen LogP contribution in [-0.2, 0) is 14.4 Å². The van der Waals surface area contributed by atoms with E-state index >= 15 is 0 Å². The van der Waals surface area contributed by atoms with Crippen LogP contribution >= 0.6 is 11.6 Å². The zero-order valence-corrected chi connectivity index (χ0v) is 37.0. The number of ether oxygens (including phenoxy) is 1. The minimum atomic E-state index is -0.963. The van der Waals surface area contributed by atoms with Gasteiger partial charge in [0.2, 0.25) is 17.8 Å². The lowest BCUT2D eigenvalue weighted by atomic mass is 9.77. The highest BCUT2D eigenvalue weighted by atomic mass is 35.5. The number of aromatic nitrogens is 3. The fourth-order valence-corrected chi connectivity index (χ4v) is 10.1. The minimum absolute atomic E-state index is 0.0936. The molecule has 3 N–H and O–H groups in total. The summed E-state index contributed by atoms with van der Waals surface area (Å²) in [5.41, 5.74) is 2.87. The van der Waals surface area contributed by atoms with Gasteiger partial charge in [-0.05, 0) is 113 Å². The van der Waals surface area contributed by atoms with Crippen LogP contribution in [0.5, 0.6) is 5.75 Å². The van der Waals surface area contributed by atoms with Crippen LogP contribution in [0.3, 0.4) is 0 Å². The molecule has 64 heavy (non-hydrogen) atoms. The lowest BCUT2D eigenvalue weighted by molar-refractivity contribution is -0.136. The second-order valence-corrected chi connectivity index (χ2v) is 18.3. The van der Waals surface area contributed by atoms with Crippen molar-refractivity contribution in [1.82, 2.24) is 39.9 Å². The van der Waals surface area contributed by atoms with Gasteiger partial charge in [0.05, 0.1) is 22.8 Å². The lowest BCUT2D eigenvalue weighted by Gasteiger charge is -2.47. The first kappa shape index (κ1) is 43.3. The summed E-state index contributed by atoms with van der Waals surface area (Å²) in [6.45, 7) is 10.0. The monoisotopic (exact) mass is 892 g/mol. The summed E-state index contributed by atoms with van der Waals surface area (Å²) in [5.74, 6) is -0.130. The Labute approximate surface area is 375 Å². The van der Waals surface area contributed by atoms with Gasteiger partial charge >= 0.3 is 0 Å². The maximum atomic E-state index is 13.4. The van der Waals surface area contributed by atoms with Gasteiger partial charge in [-0.15, -0.1) is 0 Å². The largest absolute Gasteiger partial charge is 0.478 e. The van der Waals surface area contributed by atoms with E-state index in [-0.39, 0.29) is 48.6 Å². The van der Waals surface area contributed by atoms with E-state index in [0.29, 0.717) is 45.8 Å². The van der Waals surface area contributed by atoms with Gasteiger partial charge in [-0.3, -0.25) is 43.9 Å². The number of rotatable bonds is 12. The molecule has 4 aromatic rings. The van der Waals surface area contributed by atoms with Crippen LogP contribution < -0.4 is 31.1 Å². The normalized spacial score (nSPS) is 22.2. The van der Waals surface area contributed by atoms with E-state index in [0.717, 1.165) is 85.7 Å². The Bertz CT molecular complexity index is 2580. The molecule has 18 heteroatoms. The fourth-order valence-electron chi connectivity index (χ4n) is 9.95. The maximum absolute atomic E-state index is 13.4. The molecule has 17 nitrogen and oxygen atoms in total. The van der Waals surface area contributed by atoms with Gasteiger partial charge in [0.25, 0.3) is 23.3 Å². The van der Waals surface area contributed by atoms with Gasteiger partial charge in [-0.2, -0.15) is 4.98 Å². The number of carbonyl (C=O) groups excluding carboxylic acids is 5. The highest BCUT2D eigenvalue weighted by molar-refractivity contribution is 6.33. The van der Waals surface area contributed by atoms with Gasteiger partial charge in [-0.25, -0.2) is 4.98 Å². The summed E-state index contributed by atoms with van der Waals surface area (Å²) in [6.07, 6.45) is 6.18. The number of likely N-dealkylation sites (tertiary alicyclic amines) is 1. The van der Waals surface area contributed by atoms with E-state index in [4.69, 9.17) is 21.3 Å². The van der Waals surface area contributed by atoms with Crippen LogP contribution in [0.4, 0.5) is 17.5 Å². The Morgan fingerprint density at radius 3 is 2.39 bits per heavy atom. The average Bonchev–Trinajstić information content (AvgIpc) is 3.52. The van der Waals surface area contributed by atoms with Crippen molar-refractivity contribution in [3.05, 3.63) is 80.7 Å². The summed E-state index contributed by atoms with van der Waals surface area (Å²) >= 11 is 6.61. The predicted molar refractivity (Wildman–Crippen MR) is 240 cm³/mol. The quantitative estimate of drug-likeness (QED) is 0.173. The van der Waals surface area contributed by atoms with Crippen LogP contribution in [-0.4, -0.2) is 130 Å². The molecule has 2 aromatic carbocycles. The molecule has 5 aliphatic rings. The molecule has 6 heterocycles. The fraction of sp³-hybridized carbons (Fsp3) is 0.478. The number of piperazine rings is 1. The summed E-state index contributed by atoms with van der Waals surface area (Å²) < 4.78 is 7.27. The molecule has 4 fully saturated rings. The number of likely N-dealkylation sites (N-methyl/N-ethyl adjacent to an activating group) is 1. The van der Waals surface area contributed by atoms with Crippen molar-refractivity contribution in [2.75, 3.05) is 69.7 Å². The molecule has 0 radical (unpaired) electrons. The number of imide groups is 2. The second kappa shape index (κ2) is 17.9. The summed E-state index contributed by atoms with van der Waals surface area (Å²) in [5, 5.41) is 9.24. The first-order valence-electron chi connectivity index (χ1n) is 22.2. The Balaban J connectivity index is 0.745. The highest BCUT2D eigenvalue weighted by Gasteiger charge is 2.45. The Morgan fingerprint density at radius 1 is 0.922 bits per heavy atom. The van der Waals surface area contributed by atoms with E-state index in [1.807, 2.05) is 44.2 Å². The smallest absolute Gasteiger partial charge is 0.293 e. The SMILES string of the molecule is CNC(=O)COc1cc2cc(Nc3nc(N4CCN(CC5CC(N6CCC(c7ccc8c(c7)C(=O)N([C@@H]7CCC(=O)NC7=O)C8=O)CC6)C5)CC4)ncc3Cl)ccc2n(C(C)C)c1=O. The number of piperidine rings is 2. The Kier molecular flexibility index (Phi) is 12.1. The Morgan fingerprint density at radius 2 is 1.67 bits per heavy atom. The van der Waals surface area contributed by atoms with Crippen LogP contribution in [0.15, 0.2) is 53.5 Å². The van der Waals surface area contributed by atoms with Crippen LogP contribution in [0.2, 0.25) is 5.02 Å². The highest BCUT2D eigenvalue weighted by Crippen LogP contribution is 2.39. The Hall–Kier alpha value is -5.91. The number of halogens is 1. The number of hydrogen-bond acceptors (Lipinski definition) is 13. The van der Waals surface area contributed by atoms with Crippen molar-refractivity contribution in [2.45, 2.75) is 76.4 Å². The molecule has 2 aromatic heterocycles. The van der Waals surface area contributed by atoms with Crippen LogP contribution in [0, 0.1) is 5.92 Å². The molecule has 0 unspecified atom stereocenters. The molecule has 336 valence electrons. The van der Waals surface area contributed by atoms with Crippen molar-refractivity contribution >= 4 is 69.5 Å². The van der Waals surface area contributed by atoms with Gasteiger partial charge in [0.15, 0.2) is 18.2 Å². The molecule has 0 bridgehead atoms. The average molecular weight is 893 g/mol. The standard InChI is InChI=1S/C46H53ClN10O7/c1-26(2)56-36-7-5-31(20-30(36)22-38(45(56)63)64-25-40(59)48-3)50-41-35(47)23-49-46(52-41)55-16-14-53(15-17-55)24-27-18-32(19-27)54-12-10-28(11-13-54)29-4-6-33-34(21-29)44(62)57(43(33)61)37-8-9-39(58)51-42(37)60/h4-7,20-23,26-28,32,37H,8-19,24-25H2,1-3H3,(H,48,59)(H,49,50,52)(H,51,58,60)/t27?,32?,37-/m1/s1. The number of nitrogens with zero attached hydrogens (tertiary/aromatic N) is 7. The molecule has 1 aliphatic carbocycles. The van der Waals surface area contributed by atoms with Gasteiger partial charge in [0.1, 0.15) is 11.1 Å². The molecular weight excluding hydrogens is 840 g/mol. The van der Waals surface area contributed by atoms with Crippen molar-refractivity contribution in [3.8, 4) is 5.75 Å². The first-order valence-corrected chi connectivity index (χ1v) is 22.6. The van der Waals surface area contributed by atoms with Crippen molar-refractivity contribution in [3.63, 3.8) is 0 Å². The summed E-state index contributed by atoms with van der Waals surface area (Å²) in [7, 11) is 1.51. The number of fused-ring (bicyclic) bond motifs is 2. The molecule has 5 amide bonds. The number of benzene rings is 2. The van der Waals surface area contributed by atoms with E-state index in [1.165, 1.54) is 19.9 Å². The number of nitrogens with one attached hydrogen (secondary N) is 3. The summed E-state index contributed by atoms with van der Waals surface area (Å²) in [6, 6.07) is 12.3. The number of anilines is 3. The predicted octanol–water partition coefficient (Wildman–Crippen LogP) is 4.08. The third-order valence-electron chi connectivity index (χ3n) is 13.5. The number of hydrogen-bond donors (Lipinski definition) is 3. The lowest BCUT2D eigenvalue weighted by Crippen LogP contribution is -2.54. The molecule has 4 aliphatic heterocycles. The van der Waals surface area contributed by atoms with Crippen molar-refractivity contribution < 1.29 is 28.7 Å². The molecule has 1 saturated carbocycles. The molecule has 3 saturated heterocycles. The van der Waals surface area contributed by atoms with Crippen molar-refractivity contribution in [2.24, 2.45) is 5.92 Å². The van der Waals surface area contributed by atoms with Crippen molar-refractivity contribution in [1.29, 1.82) is 0 Å². The first-order chi connectivity index (χ1) is 30.8. The third-order valence-corrected chi connectivity index (χ3v) is 13.8. The zero-order chi connectivity index (χ0) is 44.8.